The summed E-state index contributed by atoms with van der Waals surface area (Å²) >= 11 is 0. The summed E-state index contributed by atoms with van der Waals surface area (Å²) in [5.74, 6) is 0. The molecule has 2 N–H and O–H groups in total. The van der Waals surface area contributed by atoms with Crippen LogP contribution in [0, 0.1) is 0 Å². The number of aliphatic hydroxyl groups is 1. The van der Waals surface area contributed by atoms with Gasteiger partial charge in [-0.05, 0) is 18.6 Å². The Kier molecular flexibility index (Phi) is 3.32. The fraction of sp³-hybridized carbons (Fsp3) is 0.500. The van der Waals surface area contributed by atoms with Gasteiger partial charge < -0.3 is 10.4 Å². The molecular weight excluding hydrogens is 242 g/mol. The minimum atomic E-state index is -3.61. The van der Waals surface area contributed by atoms with Crippen molar-refractivity contribution in [2.45, 2.75) is 17.6 Å². The zero-order chi connectivity index (χ0) is 12.5. The summed E-state index contributed by atoms with van der Waals surface area (Å²) in [5.41, 5.74) is 0.467. The maximum Gasteiger partial charge on any atom is 0.262 e. The van der Waals surface area contributed by atoms with E-state index in [4.69, 9.17) is 0 Å². The van der Waals surface area contributed by atoms with Crippen LogP contribution in [0.2, 0.25) is 0 Å². The number of aliphatic hydroxyl groups excluding tert-OH is 1. The highest BCUT2D eigenvalue weighted by atomic mass is 32.2. The molecule has 1 aliphatic rings. The molecule has 0 radical (unpaired) electrons. The van der Waals surface area contributed by atoms with Crippen LogP contribution >= 0.6 is 0 Å². The molecule has 0 aromatic carbocycles. The van der Waals surface area contributed by atoms with Gasteiger partial charge in [0.2, 0.25) is 0 Å². The number of anilines is 1. The maximum absolute atomic E-state index is 12.3. The lowest BCUT2D eigenvalue weighted by atomic mass is 10.3. The molecule has 17 heavy (non-hydrogen) atoms. The lowest BCUT2D eigenvalue weighted by Gasteiger charge is -2.16. The highest BCUT2D eigenvalue weighted by Crippen LogP contribution is 2.24. The maximum atomic E-state index is 12.3. The number of aromatic nitrogens is 1. The number of pyridine rings is 1. The molecule has 1 atom stereocenters. The summed E-state index contributed by atoms with van der Waals surface area (Å²) in [6.07, 6.45) is 1.34. The van der Waals surface area contributed by atoms with Gasteiger partial charge in [-0.25, -0.2) is 13.4 Å². The van der Waals surface area contributed by atoms with Crippen molar-refractivity contribution in [3.8, 4) is 0 Å². The molecule has 0 aliphatic carbocycles. The van der Waals surface area contributed by atoms with E-state index < -0.39 is 16.1 Å². The van der Waals surface area contributed by atoms with Crippen molar-refractivity contribution in [2.24, 2.45) is 0 Å². The molecule has 2 heterocycles. The fourth-order valence-corrected chi connectivity index (χ4v) is 3.44. The second kappa shape index (κ2) is 4.59. The van der Waals surface area contributed by atoms with Gasteiger partial charge in [0, 0.05) is 26.3 Å². The fourth-order valence-electron chi connectivity index (χ4n) is 1.84. The molecule has 1 saturated heterocycles. The molecule has 0 amide bonds. The molecule has 1 fully saturated rings. The number of nitrogens with zero attached hydrogens (tertiary/aromatic N) is 2. The van der Waals surface area contributed by atoms with E-state index in [9.17, 15) is 13.5 Å². The van der Waals surface area contributed by atoms with E-state index in [1.54, 1.807) is 19.2 Å². The summed E-state index contributed by atoms with van der Waals surface area (Å²) in [7, 11) is -1.97. The van der Waals surface area contributed by atoms with Crippen molar-refractivity contribution < 1.29 is 13.5 Å². The van der Waals surface area contributed by atoms with Crippen molar-refractivity contribution in [1.82, 2.24) is 9.29 Å². The van der Waals surface area contributed by atoms with Crippen LogP contribution in [-0.2, 0) is 10.0 Å². The first-order valence-electron chi connectivity index (χ1n) is 5.36. The van der Waals surface area contributed by atoms with Gasteiger partial charge in [-0.3, -0.25) is 0 Å². The molecule has 0 spiro atoms. The quantitative estimate of drug-likeness (QED) is 0.788. The molecular formula is C10H15N3O3S. The van der Waals surface area contributed by atoms with Gasteiger partial charge in [0.05, 0.1) is 11.8 Å². The monoisotopic (exact) mass is 257 g/mol. The average Bonchev–Trinajstić information content (AvgIpc) is 2.76. The van der Waals surface area contributed by atoms with Crippen LogP contribution in [0.3, 0.4) is 0 Å². The third kappa shape index (κ3) is 2.26. The van der Waals surface area contributed by atoms with E-state index in [1.807, 2.05) is 0 Å². The van der Waals surface area contributed by atoms with Gasteiger partial charge in [-0.1, -0.05) is 0 Å². The number of rotatable bonds is 3. The average molecular weight is 257 g/mol. The first-order chi connectivity index (χ1) is 8.05. The summed E-state index contributed by atoms with van der Waals surface area (Å²) in [5, 5.41) is 12.2. The second-order valence-electron chi connectivity index (χ2n) is 3.91. The van der Waals surface area contributed by atoms with Gasteiger partial charge in [0.25, 0.3) is 10.0 Å². The van der Waals surface area contributed by atoms with Gasteiger partial charge in [0.15, 0.2) is 5.03 Å². The smallest absolute Gasteiger partial charge is 0.262 e. The Hall–Kier alpha value is -1.18. The first kappa shape index (κ1) is 12.3. The second-order valence-corrected chi connectivity index (χ2v) is 5.76. The number of nitrogens with one attached hydrogen (secondary N) is 1. The molecule has 2 rings (SSSR count). The Morgan fingerprint density at radius 1 is 1.59 bits per heavy atom. The molecule has 1 aromatic heterocycles. The Balaban J connectivity index is 2.38. The molecule has 0 bridgehead atoms. The van der Waals surface area contributed by atoms with Crippen LogP contribution in [0.25, 0.3) is 0 Å². The Morgan fingerprint density at radius 3 is 2.94 bits per heavy atom. The molecule has 6 nitrogen and oxygen atoms in total. The third-order valence-corrected chi connectivity index (χ3v) is 4.58. The molecule has 1 aliphatic heterocycles. The highest BCUT2D eigenvalue weighted by Gasteiger charge is 2.33. The highest BCUT2D eigenvalue weighted by molar-refractivity contribution is 7.89. The summed E-state index contributed by atoms with van der Waals surface area (Å²) < 4.78 is 25.8. The molecule has 94 valence electrons. The molecule has 1 aromatic rings. The Labute approximate surface area is 100 Å². The van der Waals surface area contributed by atoms with Crippen LogP contribution in [0.15, 0.2) is 23.4 Å². The van der Waals surface area contributed by atoms with E-state index in [0.29, 0.717) is 18.7 Å². The topological polar surface area (TPSA) is 82.5 Å². The van der Waals surface area contributed by atoms with E-state index in [0.717, 1.165) is 0 Å². The van der Waals surface area contributed by atoms with E-state index in [1.165, 1.54) is 10.5 Å². The number of β-amino-alcohol motifs (C(OH)–C–C–N with tert-alkyl or cyclic N) is 1. The van der Waals surface area contributed by atoms with E-state index in [-0.39, 0.29) is 11.6 Å². The normalized spacial score (nSPS) is 21.6. The first-order valence-corrected chi connectivity index (χ1v) is 6.80. The summed E-state index contributed by atoms with van der Waals surface area (Å²) in [6.45, 7) is 0.477. The van der Waals surface area contributed by atoms with Gasteiger partial charge in [-0.2, -0.15) is 4.31 Å². The predicted octanol–water partition coefficient (Wildman–Crippen LogP) is -0.121. The largest absolute Gasteiger partial charge is 0.392 e. The van der Waals surface area contributed by atoms with Gasteiger partial charge in [0.1, 0.15) is 0 Å². The van der Waals surface area contributed by atoms with Gasteiger partial charge in [-0.15, -0.1) is 0 Å². The van der Waals surface area contributed by atoms with E-state index >= 15 is 0 Å². The van der Waals surface area contributed by atoms with Crippen molar-refractivity contribution in [3.63, 3.8) is 0 Å². The summed E-state index contributed by atoms with van der Waals surface area (Å²) in [4.78, 5) is 3.92. The van der Waals surface area contributed by atoms with Crippen LogP contribution in [-0.4, -0.2) is 49.1 Å². The van der Waals surface area contributed by atoms with Crippen molar-refractivity contribution in [3.05, 3.63) is 18.3 Å². The zero-order valence-corrected chi connectivity index (χ0v) is 10.3. The number of sulfonamides is 1. The van der Waals surface area contributed by atoms with Crippen LogP contribution in [0.4, 0.5) is 5.69 Å². The molecule has 7 heteroatoms. The SMILES string of the molecule is CNc1cccnc1S(=O)(=O)N1CCC(O)C1. The van der Waals surface area contributed by atoms with Crippen LogP contribution in [0.5, 0.6) is 0 Å². The van der Waals surface area contributed by atoms with Crippen LogP contribution < -0.4 is 5.32 Å². The number of hydrogen-bond donors (Lipinski definition) is 2. The third-order valence-electron chi connectivity index (χ3n) is 2.75. The summed E-state index contributed by atoms with van der Waals surface area (Å²) in [6, 6.07) is 3.33. The van der Waals surface area contributed by atoms with Crippen LogP contribution in [0.1, 0.15) is 6.42 Å². The lowest BCUT2D eigenvalue weighted by molar-refractivity contribution is 0.189. The van der Waals surface area contributed by atoms with E-state index in [2.05, 4.69) is 10.3 Å². The zero-order valence-electron chi connectivity index (χ0n) is 9.50. The predicted molar refractivity (Wildman–Crippen MR) is 63.2 cm³/mol. The van der Waals surface area contributed by atoms with Crippen molar-refractivity contribution in [2.75, 3.05) is 25.5 Å². The number of hydrogen-bond acceptors (Lipinski definition) is 5. The minimum absolute atomic E-state index is 0.0107. The Morgan fingerprint density at radius 2 is 2.35 bits per heavy atom. The Bertz CT molecular complexity index is 503. The van der Waals surface area contributed by atoms with Crippen molar-refractivity contribution in [1.29, 1.82) is 0 Å². The molecule has 0 saturated carbocycles. The minimum Gasteiger partial charge on any atom is -0.392 e. The molecule has 1 unspecified atom stereocenters. The van der Waals surface area contributed by atoms with Crippen molar-refractivity contribution >= 4 is 15.7 Å². The van der Waals surface area contributed by atoms with Gasteiger partial charge >= 0.3 is 0 Å². The standard InChI is InChI=1S/C10H15N3O3S/c1-11-9-3-2-5-12-10(9)17(15,16)13-6-4-8(14)7-13/h2-3,5,8,11,14H,4,6-7H2,1H3. The lowest BCUT2D eigenvalue weighted by Crippen LogP contribution is -2.30.